The number of hydrogen-bond acceptors (Lipinski definition) is 1. The standard InChI is InChI=1S/C20H42O/c1-5-6-7-8-9-10-11-12-13-14-15-16-17-18-21-19-20(2,3)4/h5-19H2,1-4H3. The third-order valence-electron chi connectivity index (χ3n) is 3.93. The second-order valence-corrected chi connectivity index (χ2v) is 7.86. The monoisotopic (exact) mass is 298 g/mol. The van der Waals surface area contributed by atoms with Gasteiger partial charge < -0.3 is 4.74 Å². The predicted molar refractivity (Wildman–Crippen MR) is 96.0 cm³/mol. The van der Waals surface area contributed by atoms with Gasteiger partial charge in [0, 0.05) is 6.61 Å². The first-order chi connectivity index (χ1) is 10.1. The summed E-state index contributed by atoms with van der Waals surface area (Å²) in [5.74, 6) is 0. The zero-order valence-corrected chi connectivity index (χ0v) is 15.5. The first-order valence-corrected chi connectivity index (χ1v) is 9.64. The molecule has 1 nitrogen and oxygen atoms in total. The molecule has 0 radical (unpaired) electrons. The Hall–Kier alpha value is -0.0400. The SMILES string of the molecule is CCCCCCCCCCCCCCCOCC(C)(C)C. The van der Waals surface area contributed by atoms with E-state index in [1.54, 1.807) is 0 Å². The van der Waals surface area contributed by atoms with E-state index in [1.807, 2.05) is 0 Å². The lowest BCUT2D eigenvalue weighted by molar-refractivity contribution is 0.0686. The summed E-state index contributed by atoms with van der Waals surface area (Å²) in [5.41, 5.74) is 0.316. The summed E-state index contributed by atoms with van der Waals surface area (Å²) in [6, 6.07) is 0. The largest absolute Gasteiger partial charge is 0.381 e. The molecule has 0 rings (SSSR count). The van der Waals surface area contributed by atoms with E-state index < -0.39 is 0 Å². The average Bonchev–Trinajstić information content (AvgIpc) is 2.42. The fraction of sp³-hybridized carbons (Fsp3) is 1.00. The van der Waals surface area contributed by atoms with Gasteiger partial charge in [-0.2, -0.15) is 0 Å². The summed E-state index contributed by atoms with van der Waals surface area (Å²) in [6.45, 7) is 10.8. The van der Waals surface area contributed by atoms with Gasteiger partial charge in [0.2, 0.25) is 0 Å². The molecule has 0 aromatic heterocycles. The van der Waals surface area contributed by atoms with E-state index in [-0.39, 0.29) is 0 Å². The number of hydrogen-bond donors (Lipinski definition) is 0. The zero-order valence-electron chi connectivity index (χ0n) is 15.5. The van der Waals surface area contributed by atoms with E-state index in [1.165, 1.54) is 83.5 Å². The van der Waals surface area contributed by atoms with E-state index in [0.29, 0.717) is 5.41 Å². The summed E-state index contributed by atoms with van der Waals surface area (Å²) in [5, 5.41) is 0. The highest BCUT2D eigenvalue weighted by Crippen LogP contribution is 2.14. The highest BCUT2D eigenvalue weighted by atomic mass is 16.5. The van der Waals surface area contributed by atoms with Gasteiger partial charge in [-0.05, 0) is 11.8 Å². The maximum atomic E-state index is 5.70. The number of ether oxygens (including phenoxy) is 1. The molecule has 0 saturated carbocycles. The van der Waals surface area contributed by atoms with Crippen molar-refractivity contribution in [1.82, 2.24) is 0 Å². The summed E-state index contributed by atoms with van der Waals surface area (Å²) in [6.07, 6.45) is 18.4. The van der Waals surface area contributed by atoms with E-state index in [2.05, 4.69) is 27.7 Å². The van der Waals surface area contributed by atoms with Crippen LogP contribution in [0.25, 0.3) is 0 Å². The summed E-state index contributed by atoms with van der Waals surface area (Å²) >= 11 is 0. The van der Waals surface area contributed by atoms with Crippen molar-refractivity contribution < 1.29 is 4.74 Å². The Labute approximate surface area is 135 Å². The summed E-state index contributed by atoms with van der Waals surface area (Å²) in [7, 11) is 0. The second kappa shape index (κ2) is 14.9. The van der Waals surface area contributed by atoms with Crippen molar-refractivity contribution in [2.24, 2.45) is 5.41 Å². The van der Waals surface area contributed by atoms with Gasteiger partial charge >= 0.3 is 0 Å². The minimum absolute atomic E-state index is 0.316. The molecule has 0 aromatic rings. The van der Waals surface area contributed by atoms with Crippen LogP contribution < -0.4 is 0 Å². The van der Waals surface area contributed by atoms with Crippen LogP contribution in [0.4, 0.5) is 0 Å². The lowest BCUT2D eigenvalue weighted by Gasteiger charge is -2.17. The van der Waals surface area contributed by atoms with Crippen molar-refractivity contribution in [2.75, 3.05) is 13.2 Å². The molecule has 0 aliphatic heterocycles. The van der Waals surface area contributed by atoms with Crippen molar-refractivity contribution >= 4 is 0 Å². The van der Waals surface area contributed by atoms with Gasteiger partial charge in [0.05, 0.1) is 6.61 Å². The molecule has 1 heteroatoms. The normalized spacial score (nSPS) is 12.0. The maximum Gasteiger partial charge on any atom is 0.0514 e. The molecule has 0 fully saturated rings. The van der Waals surface area contributed by atoms with Crippen molar-refractivity contribution in [3.8, 4) is 0 Å². The fourth-order valence-electron chi connectivity index (χ4n) is 2.60. The van der Waals surface area contributed by atoms with Crippen LogP contribution in [0.3, 0.4) is 0 Å². The molecule has 0 aliphatic rings. The molecule has 0 spiro atoms. The van der Waals surface area contributed by atoms with Crippen LogP contribution in [-0.4, -0.2) is 13.2 Å². The Kier molecular flexibility index (Phi) is 14.9. The molecule has 21 heavy (non-hydrogen) atoms. The Morgan fingerprint density at radius 1 is 0.571 bits per heavy atom. The molecule has 0 amide bonds. The topological polar surface area (TPSA) is 9.23 Å². The van der Waals surface area contributed by atoms with E-state index in [0.717, 1.165) is 13.2 Å². The van der Waals surface area contributed by atoms with Crippen LogP contribution in [0.2, 0.25) is 0 Å². The molecule has 0 atom stereocenters. The van der Waals surface area contributed by atoms with Crippen molar-refractivity contribution in [2.45, 2.75) is 111 Å². The quantitative estimate of drug-likeness (QED) is 0.292. The molecule has 0 N–H and O–H groups in total. The molecule has 0 aromatic carbocycles. The lowest BCUT2D eigenvalue weighted by atomic mass is 9.99. The summed E-state index contributed by atoms with van der Waals surface area (Å²) < 4.78 is 5.70. The van der Waals surface area contributed by atoms with Gasteiger partial charge in [-0.3, -0.25) is 0 Å². The average molecular weight is 299 g/mol. The van der Waals surface area contributed by atoms with E-state index in [9.17, 15) is 0 Å². The highest BCUT2D eigenvalue weighted by Gasteiger charge is 2.09. The number of unbranched alkanes of at least 4 members (excludes halogenated alkanes) is 12. The van der Waals surface area contributed by atoms with Gasteiger partial charge in [-0.15, -0.1) is 0 Å². The Morgan fingerprint density at radius 2 is 0.952 bits per heavy atom. The molecule has 0 saturated heterocycles. The van der Waals surface area contributed by atoms with Gasteiger partial charge in [-0.25, -0.2) is 0 Å². The zero-order chi connectivity index (χ0) is 15.8. The van der Waals surface area contributed by atoms with Crippen LogP contribution in [0.15, 0.2) is 0 Å². The molecule has 0 unspecified atom stereocenters. The van der Waals surface area contributed by atoms with Crippen molar-refractivity contribution in [1.29, 1.82) is 0 Å². The van der Waals surface area contributed by atoms with Gasteiger partial charge in [0.1, 0.15) is 0 Å². The highest BCUT2D eigenvalue weighted by molar-refractivity contribution is 4.58. The van der Waals surface area contributed by atoms with Crippen molar-refractivity contribution in [3.63, 3.8) is 0 Å². The van der Waals surface area contributed by atoms with Crippen LogP contribution in [-0.2, 0) is 4.74 Å². The third-order valence-corrected chi connectivity index (χ3v) is 3.93. The van der Waals surface area contributed by atoms with Crippen LogP contribution in [0, 0.1) is 5.41 Å². The van der Waals surface area contributed by atoms with Gasteiger partial charge in [0.25, 0.3) is 0 Å². The Balaban J connectivity index is 3.00. The predicted octanol–water partition coefficient (Wildman–Crippen LogP) is 7.14. The second-order valence-electron chi connectivity index (χ2n) is 7.86. The lowest BCUT2D eigenvalue weighted by Crippen LogP contribution is -2.14. The first kappa shape index (κ1) is 21.0. The minimum atomic E-state index is 0.316. The first-order valence-electron chi connectivity index (χ1n) is 9.64. The molecule has 0 bridgehead atoms. The third kappa shape index (κ3) is 20.0. The molecule has 128 valence electrons. The number of rotatable bonds is 15. The Bertz CT molecular complexity index is 193. The molecular formula is C20H42O. The maximum absolute atomic E-state index is 5.70. The molecular weight excluding hydrogens is 256 g/mol. The van der Waals surface area contributed by atoms with Crippen LogP contribution in [0.5, 0.6) is 0 Å². The van der Waals surface area contributed by atoms with Crippen LogP contribution in [0.1, 0.15) is 111 Å². The fourth-order valence-corrected chi connectivity index (χ4v) is 2.60. The van der Waals surface area contributed by atoms with Gasteiger partial charge in [0.15, 0.2) is 0 Å². The molecule has 0 aliphatic carbocycles. The Morgan fingerprint density at radius 3 is 1.33 bits per heavy atom. The minimum Gasteiger partial charge on any atom is -0.381 e. The summed E-state index contributed by atoms with van der Waals surface area (Å²) in [4.78, 5) is 0. The van der Waals surface area contributed by atoms with Crippen LogP contribution >= 0.6 is 0 Å². The molecule has 0 heterocycles. The van der Waals surface area contributed by atoms with E-state index >= 15 is 0 Å². The van der Waals surface area contributed by atoms with Crippen molar-refractivity contribution in [3.05, 3.63) is 0 Å². The van der Waals surface area contributed by atoms with E-state index in [4.69, 9.17) is 4.74 Å². The smallest absolute Gasteiger partial charge is 0.0514 e. The van der Waals surface area contributed by atoms with Gasteiger partial charge in [-0.1, -0.05) is 105 Å².